The second-order valence-electron chi connectivity index (χ2n) is 4.52. The number of nitrogens with one attached hydrogen (secondary N) is 1. The van der Waals surface area contributed by atoms with Gasteiger partial charge in [0.15, 0.2) is 0 Å². The third-order valence-electron chi connectivity index (χ3n) is 3.18. The lowest BCUT2D eigenvalue weighted by Crippen LogP contribution is -2.10. The van der Waals surface area contributed by atoms with Crippen LogP contribution in [-0.2, 0) is 4.74 Å². The monoisotopic (exact) mass is 302 g/mol. The average Bonchev–Trinajstić information content (AvgIpc) is 2.87. The van der Waals surface area contributed by atoms with Crippen LogP contribution in [0.15, 0.2) is 47.5 Å². The van der Waals surface area contributed by atoms with E-state index in [1.54, 1.807) is 47.1 Å². The van der Waals surface area contributed by atoms with Crippen LogP contribution >= 0.6 is 11.6 Å². The van der Waals surface area contributed by atoms with Crippen LogP contribution in [-0.4, -0.2) is 22.5 Å². The molecule has 106 valence electrons. The molecule has 1 N–H and O–H groups in total. The van der Waals surface area contributed by atoms with Gasteiger partial charge in [-0.1, -0.05) is 23.7 Å². The summed E-state index contributed by atoms with van der Waals surface area (Å²) in [6.07, 6.45) is 3.44. The minimum absolute atomic E-state index is 0.226. The zero-order chi connectivity index (χ0) is 15.0. The van der Waals surface area contributed by atoms with Gasteiger partial charge in [0.25, 0.3) is 5.56 Å². The van der Waals surface area contributed by atoms with Gasteiger partial charge in [-0.05, 0) is 23.8 Å². The number of halogens is 1. The maximum atomic E-state index is 12.0. The van der Waals surface area contributed by atoms with Gasteiger partial charge < -0.3 is 14.1 Å². The Kier molecular flexibility index (Phi) is 3.27. The first kappa shape index (κ1) is 13.5. The van der Waals surface area contributed by atoms with Gasteiger partial charge in [-0.25, -0.2) is 4.79 Å². The van der Waals surface area contributed by atoms with Crippen LogP contribution in [0.1, 0.15) is 10.4 Å². The van der Waals surface area contributed by atoms with Crippen LogP contribution in [0.25, 0.3) is 16.8 Å². The number of methoxy groups -OCH3 is 1. The summed E-state index contributed by atoms with van der Waals surface area (Å²) in [6, 6.07) is 8.38. The molecule has 0 radical (unpaired) electrons. The number of aromatic amines is 1. The standard InChI is InChI=1S/C15H11ClN2O3/c1-21-15(20)10-4-2-9(3-5-10)12-8-18-7-11(16)6-13(18)14(19)17-12/h2-8H,1H3,(H,17,19). The van der Waals surface area contributed by atoms with E-state index in [0.717, 1.165) is 5.56 Å². The Morgan fingerprint density at radius 1 is 1.24 bits per heavy atom. The Bertz CT molecular complexity index is 878. The number of carbonyl (C=O) groups is 1. The van der Waals surface area contributed by atoms with Crippen LogP contribution in [0.5, 0.6) is 0 Å². The zero-order valence-corrected chi connectivity index (χ0v) is 11.8. The number of hydrogen-bond acceptors (Lipinski definition) is 3. The summed E-state index contributed by atoms with van der Waals surface area (Å²) in [5.41, 5.74) is 2.13. The molecule has 0 bridgehead atoms. The summed E-state index contributed by atoms with van der Waals surface area (Å²) in [5.74, 6) is -0.400. The van der Waals surface area contributed by atoms with Crippen molar-refractivity contribution in [3.05, 3.63) is 63.7 Å². The van der Waals surface area contributed by atoms with Gasteiger partial charge in [-0.2, -0.15) is 0 Å². The highest BCUT2D eigenvalue weighted by Crippen LogP contribution is 2.19. The van der Waals surface area contributed by atoms with Crippen LogP contribution in [0.2, 0.25) is 5.02 Å². The molecule has 1 aromatic carbocycles. The first-order valence-corrected chi connectivity index (χ1v) is 6.55. The van der Waals surface area contributed by atoms with Crippen LogP contribution in [0.4, 0.5) is 0 Å². The maximum absolute atomic E-state index is 12.0. The fraction of sp³-hybridized carbons (Fsp3) is 0.0667. The summed E-state index contributed by atoms with van der Waals surface area (Å²) >= 11 is 5.90. The molecule has 3 rings (SSSR count). The second-order valence-corrected chi connectivity index (χ2v) is 4.95. The topological polar surface area (TPSA) is 63.6 Å². The summed E-state index contributed by atoms with van der Waals surface area (Å²) in [6.45, 7) is 0. The Morgan fingerprint density at radius 3 is 2.62 bits per heavy atom. The van der Waals surface area contributed by atoms with E-state index in [0.29, 0.717) is 21.8 Å². The molecule has 0 saturated carbocycles. The molecule has 2 aromatic heterocycles. The van der Waals surface area contributed by atoms with Gasteiger partial charge in [0.05, 0.1) is 23.4 Å². The minimum atomic E-state index is -0.400. The van der Waals surface area contributed by atoms with E-state index >= 15 is 0 Å². The van der Waals surface area contributed by atoms with Crippen molar-refractivity contribution in [1.82, 2.24) is 9.38 Å². The molecule has 0 atom stereocenters. The second kappa shape index (κ2) is 5.10. The lowest BCUT2D eigenvalue weighted by molar-refractivity contribution is 0.0601. The van der Waals surface area contributed by atoms with Crippen molar-refractivity contribution >= 4 is 23.1 Å². The predicted octanol–water partition coefficient (Wildman–Crippen LogP) is 2.73. The van der Waals surface area contributed by atoms with Crippen molar-refractivity contribution in [2.45, 2.75) is 0 Å². The van der Waals surface area contributed by atoms with E-state index in [1.807, 2.05) is 0 Å². The number of aromatic nitrogens is 2. The third kappa shape index (κ3) is 2.43. The van der Waals surface area contributed by atoms with E-state index in [1.165, 1.54) is 7.11 Å². The Labute approximate surface area is 124 Å². The third-order valence-corrected chi connectivity index (χ3v) is 3.39. The zero-order valence-electron chi connectivity index (χ0n) is 11.1. The fourth-order valence-electron chi connectivity index (χ4n) is 2.14. The number of benzene rings is 1. The van der Waals surface area contributed by atoms with Gasteiger partial charge in [-0.3, -0.25) is 4.79 Å². The molecule has 0 aliphatic rings. The van der Waals surface area contributed by atoms with Gasteiger partial charge in [-0.15, -0.1) is 0 Å². The van der Waals surface area contributed by atoms with Crippen molar-refractivity contribution in [2.75, 3.05) is 7.11 Å². The highest BCUT2D eigenvalue weighted by atomic mass is 35.5. The van der Waals surface area contributed by atoms with Crippen molar-refractivity contribution in [3.63, 3.8) is 0 Å². The minimum Gasteiger partial charge on any atom is -0.465 e. The molecule has 0 amide bonds. The molecular formula is C15H11ClN2O3. The molecule has 6 heteroatoms. The molecule has 21 heavy (non-hydrogen) atoms. The summed E-state index contributed by atoms with van der Waals surface area (Å²) in [7, 11) is 1.33. The van der Waals surface area contributed by atoms with Crippen molar-refractivity contribution < 1.29 is 9.53 Å². The molecular weight excluding hydrogens is 292 g/mol. The SMILES string of the molecule is COC(=O)c1ccc(-c2cn3cc(Cl)cc3c(=O)[nH]2)cc1. The average molecular weight is 303 g/mol. The smallest absolute Gasteiger partial charge is 0.337 e. The lowest BCUT2D eigenvalue weighted by atomic mass is 10.1. The summed E-state index contributed by atoms with van der Waals surface area (Å²) in [5, 5.41) is 0.499. The van der Waals surface area contributed by atoms with Gasteiger partial charge in [0.2, 0.25) is 0 Å². The van der Waals surface area contributed by atoms with Gasteiger partial charge in [0, 0.05) is 12.4 Å². The Hall–Kier alpha value is -2.53. The van der Waals surface area contributed by atoms with E-state index in [-0.39, 0.29) is 5.56 Å². The molecule has 3 aromatic rings. The number of carbonyl (C=O) groups excluding carboxylic acids is 1. The Balaban J connectivity index is 2.07. The number of nitrogens with zero attached hydrogens (tertiary/aromatic N) is 1. The van der Waals surface area contributed by atoms with Gasteiger partial charge >= 0.3 is 5.97 Å². The van der Waals surface area contributed by atoms with Crippen molar-refractivity contribution in [3.8, 4) is 11.3 Å². The normalized spacial score (nSPS) is 10.8. The van der Waals surface area contributed by atoms with E-state index < -0.39 is 5.97 Å². The first-order chi connectivity index (χ1) is 10.1. The molecule has 0 aliphatic carbocycles. The largest absolute Gasteiger partial charge is 0.465 e. The molecule has 0 fully saturated rings. The predicted molar refractivity (Wildman–Crippen MR) is 79.8 cm³/mol. The van der Waals surface area contributed by atoms with E-state index in [4.69, 9.17) is 11.6 Å². The van der Waals surface area contributed by atoms with Crippen LogP contribution < -0.4 is 5.56 Å². The van der Waals surface area contributed by atoms with Crippen molar-refractivity contribution in [1.29, 1.82) is 0 Å². The van der Waals surface area contributed by atoms with Crippen LogP contribution in [0.3, 0.4) is 0 Å². The van der Waals surface area contributed by atoms with Crippen LogP contribution in [0, 0.1) is 0 Å². The molecule has 0 spiro atoms. The van der Waals surface area contributed by atoms with E-state index in [9.17, 15) is 9.59 Å². The molecule has 0 saturated heterocycles. The molecule has 2 heterocycles. The summed E-state index contributed by atoms with van der Waals surface area (Å²) < 4.78 is 6.32. The number of rotatable bonds is 2. The lowest BCUT2D eigenvalue weighted by Gasteiger charge is -2.04. The molecule has 0 unspecified atom stereocenters. The summed E-state index contributed by atoms with van der Waals surface area (Å²) in [4.78, 5) is 26.2. The maximum Gasteiger partial charge on any atom is 0.337 e. The van der Waals surface area contributed by atoms with Crippen molar-refractivity contribution in [2.24, 2.45) is 0 Å². The quantitative estimate of drug-likeness (QED) is 0.740. The molecule has 0 aliphatic heterocycles. The number of ether oxygens (including phenoxy) is 1. The fourth-order valence-corrected chi connectivity index (χ4v) is 2.35. The number of hydrogen-bond donors (Lipinski definition) is 1. The Morgan fingerprint density at radius 2 is 1.95 bits per heavy atom. The number of fused-ring (bicyclic) bond motifs is 1. The highest BCUT2D eigenvalue weighted by Gasteiger charge is 2.08. The van der Waals surface area contributed by atoms with Gasteiger partial charge in [0.1, 0.15) is 5.52 Å². The number of esters is 1. The molecule has 5 nitrogen and oxygen atoms in total. The van der Waals surface area contributed by atoms with E-state index in [2.05, 4.69) is 9.72 Å². The number of H-pyrrole nitrogens is 1. The first-order valence-electron chi connectivity index (χ1n) is 6.18. The highest BCUT2D eigenvalue weighted by molar-refractivity contribution is 6.31.